The summed E-state index contributed by atoms with van der Waals surface area (Å²) in [6.07, 6.45) is 1.05. The van der Waals surface area contributed by atoms with Crippen molar-refractivity contribution in [1.82, 2.24) is 0 Å². The van der Waals surface area contributed by atoms with Crippen molar-refractivity contribution in [3.05, 3.63) is 42.0 Å². The first-order valence-corrected chi connectivity index (χ1v) is 4.96. The van der Waals surface area contributed by atoms with Crippen molar-refractivity contribution in [2.45, 2.75) is 6.42 Å². The fourth-order valence-electron chi connectivity index (χ4n) is 0.995. The molecule has 0 saturated carbocycles. The highest BCUT2D eigenvalue weighted by atomic mass is 79.9. The number of nitrogens with two attached hydrogens (primary N) is 1. The minimum atomic E-state index is 0.625. The van der Waals surface area contributed by atoms with Gasteiger partial charge in [-0.1, -0.05) is 46.8 Å². The predicted octanol–water partition coefficient (Wildman–Crippen LogP) is 2.55. The van der Waals surface area contributed by atoms with Gasteiger partial charge < -0.3 is 5.73 Å². The standard InChI is InChI=1S/C10H12BrN/c1-8(12)10-4-2-9(3-5-10)6-7-11/h2-5H,1,6-7,12H2. The summed E-state index contributed by atoms with van der Waals surface area (Å²) in [5.74, 6) is 0. The second-order valence-corrected chi connectivity index (χ2v) is 3.45. The van der Waals surface area contributed by atoms with Crippen molar-refractivity contribution in [2.24, 2.45) is 5.73 Å². The first-order valence-electron chi connectivity index (χ1n) is 3.83. The third kappa shape index (κ3) is 2.38. The number of rotatable bonds is 3. The largest absolute Gasteiger partial charge is 0.399 e. The highest BCUT2D eigenvalue weighted by molar-refractivity contribution is 9.09. The maximum atomic E-state index is 5.53. The van der Waals surface area contributed by atoms with Gasteiger partial charge in [0.1, 0.15) is 0 Å². The van der Waals surface area contributed by atoms with E-state index in [1.807, 2.05) is 12.1 Å². The lowest BCUT2D eigenvalue weighted by atomic mass is 10.1. The van der Waals surface area contributed by atoms with Gasteiger partial charge in [0.05, 0.1) is 0 Å². The normalized spacial score (nSPS) is 9.75. The molecule has 0 spiro atoms. The van der Waals surface area contributed by atoms with Crippen molar-refractivity contribution in [3.63, 3.8) is 0 Å². The van der Waals surface area contributed by atoms with Crippen LogP contribution in [0.5, 0.6) is 0 Å². The van der Waals surface area contributed by atoms with Gasteiger partial charge in [0.2, 0.25) is 0 Å². The highest BCUT2D eigenvalue weighted by Gasteiger charge is 1.94. The number of aryl methyl sites for hydroxylation is 1. The molecule has 0 bridgehead atoms. The minimum absolute atomic E-state index is 0.625. The molecule has 0 atom stereocenters. The number of hydrogen-bond acceptors (Lipinski definition) is 1. The van der Waals surface area contributed by atoms with Crippen molar-refractivity contribution in [3.8, 4) is 0 Å². The molecule has 2 heteroatoms. The molecular formula is C10H12BrN. The molecule has 1 nitrogen and oxygen atoms in total. The molecule has 0 saturated heterocycles. The smallest absolute Gasteiger partial charge is 0.0314 e. The summed E-state index contributed by atoms with van der Waals surface area (Å²) < 4.78 is 0. The van der Waals surface area contributed by atoms with Gasteiger partial charge in [-0.05, 0) is 17.5 Å². The molecule has 1 aromatic rings. The summed E-state index contributed by atoms with van der Waals surface area (Å²) in [5, 5.41) is 0.996. The molecule has 0 heterocycles. The van der Waals surface area contributed by atoms with Crippen LogP contribution in [0.4, 0.5) is 0 Å². The van der Waals surface area contributed by atoms with Crippen molar-refractivity contribution in [1.29, 1.82) is 0 Å². The van der Waals surface area contributed by atoms with Gasteiger partial charge in [-0.3, -0.25) is 0 Å². The molecule has 12 heavy (non-hydrogen) atoms. The predicted molar refractivity (Wildman–Crippen MR) is 57.2 cm³/mol. The van der Waals surface area contributed by atoms with Crippen LogP contribution in [0.2, 0.25) is 0 Å². The maximum absolute atomic E-state index is 5.53. The second-order valence-electron chi connectivity index (χ2n) is 2.66. The average Bonchev–Trinajstić information content (AvgIpc) is 2.06. The zero-order chi connectivity index (χ0) is 8.97. The van der Waals surface area contributed by atoms with Gasteiger partial charge >= 0.3 is 0 Å². The summed E-state index contributed by atoms with van der Waals surface area (Å²) >= 11 is 3.39. The average molecular weight is 226 g/mol. The molecule has 0 aliphatic heterocycles. The number of benzene rings is 1. The topological polar surface area (TPSA) is 26.0 Å². The van der Waals surface area contributed by atoms with Crippen LogP contribution in [-0.4, -0.2) is 5.33 Å². The van der Waals surface area contributed by atoms with Crippen LogP contribution in [0.1, 0.15) is 11.1 Å². The maximum Gasteiger partial charge on any atom is 0.0314 e. The molecule has 1 rings (SSSR count). The molecule has 0 radical (unpaired) electrons. The van der Waals surface area contributed by atoms with Gasteiger partial charge in [0.25, 0.3) is 0 Å². The quantitative estimate of drug-likeness (QED) is 0.787. The second kappa shape index (κ2) is 4.31. The van der Waals surface area contributed by atoms with E-state index in [2.05, 4.69) is 34.6 Å². The summed E-state index contributed by atoms with van der Waals surface area (Å²) in [4.78, 5) is 0. The lowest BCUT2D eigenvalue weighted by Crippen LogP contribution is -1.94. The first-order chi connectivity index (χ1) is 5.74. The summed E-state index contributed by atoms with van der Waals surface area (Å²) in [6.45, 7) is 3.67. The van der Waals surface area contributed by atoms with Gasteiger partial charge in [-0.2, -0.15) is 0 Å². The zero-order valence-corrected chi connectivity index (χ0v) is 8.47. The monoisotopic (exact) mass is 225 g/mol. The lowest BCUT2D eigenvalue weighted by Gasteiger charge is -2.01. The Hall–Kier alpha value is -0.760. The van der Waals surface area contributed by atoms with Gasteiger partial charge in [0.15, 0.2) is 0 Å². The Morgan fingerprint density at radius 1 is 1.33 bits per heavy atom. The van der Waals surface area contributed by atoms with Crippen LogP contribution >= 0.6 is 15.9 Å². The molecule has 0 unspecified atom stereocenters. The number of hydrogen-bond donors (Lipinski definition) is 1. The molecule has 0 aliphatic rings. The minimum Gasteiger partial charge on any atom is -0.399 e. The highest BCUT2D eigenvalue weighted by Crippen LogP contribution is 2.09. The van der Waals surface area contributed by atoms with Gasteiger partial charge in [-0.15, -0.1) is 0 Å². The van der Waals surface area contributed by atoms with Crippen LogP contribution in [0.15, 0.2) is 30.8 Å². The van der Waals surface area contributed by atoms with E-state index in [0.717, 1.165) is 17.3 Å². The van der Waals surface area contributed by atoms with E-state index in [0.29, 0.717) is 5.70 Å². The van der Waals surface area contributed by atoms with Crippen LogP contribution in [0.25, 0.3) is 5.70 Å². The summed E-state index contributed by atoms with van der Waals surface area (Å²) in [5.41, 5.74) is 8.48. The molecule has 64 valence electrons. The Kier molecular flexibility index (Phi) is 3.35. The Morgan fingerprint density at radius 3 is 2.33 bits per heavy atom. The fraction of sp³-hybridized carbons (Fsp3) is 0.200. The van der Waals surface area contributed by atoms with Crippen LogP contribution < -0.4 is 5.73 Å². The number of alkyl halides is 1. The van der Waals surface area contributed by atoms with E-state index in [9.17, 15) is 0 Å². The third-order valence-corrected chi connectivity index (χ3v) is 2.10. The Morgan fingerprint density at radius 2 is 1.92 bits per heavy atom. The van der Waals surface area contributed by atoms with Crippen molar-refractivity contribution in [2.75, 3.05) is 5.33 Å². The number of halogens is 1. The Bertz CT molecular complexity index is 264. The first kappa shape index (κ1) is 9.33. The summed E-state index contributed by atoms with van der Waals surface area (Å²) in [7, 11) is 0. The molecule has 0 aromatic heterocycles. The molecule has 0 fully saturated rings. The molecule has 2 N–H and O–H groups in total. The molecular weight excluding hydrogens is 214 g/mol. The molecule has 1 aromatic carbocycles. The van der Waals surface area contributed by atoms with E-state index >= 15 is 0 Å². The van der Waals surface area contributed by atoms with E-state index in [4.69, 9.17) is 5.73 Å². The zero-order valence-electron chi connectivity index (χ0n) is 6.89. The lowest BCUT2D eigenvalue weighted by molar-refractivity contribution is 1.17. The van der Waals surface area contributed by atoms with E-state index in [1.165, 1.54) is 5.56 Å². The van der Waals surface area contributed by atoms with Gasteiger partial charge in [0, 0.05) is 11.0 Å². The Labute approximate surface area is 81.4 Å². The van der Waals surface area contributed by atoms with E-state index < -0.39 is 0 Å². The van der Waals surface area contributed by atoms with Crippen molar-refractivity contribution >= 4 is 21.6 Å². The van der Waals surface area contributed by atoms with Crippen LogP contribution in [0, 0.1) is 0 Å². The van der Waals surface area contributed by atoms with Crippen LogP contribution in [0.3, 0.4) is 0 Å². The van der Waals surface area contributed by atoms with E-state index in [-0.39, 0.29) is 0 Å². The third-order valence-electron chi connectivity index (χ3n) is 1.71. The van der Waals surface area contributed by atoms with Crippen molar-refractivity contribution < 1.29 is 0 Å². The SMILES string of the molecule is C=C(N)c1ccc(CCBr)cc1. The molecule has 0 amide bonds. The fourth-order valence-corrected chi connectivity index (χ4v) is 1.45. The Balaban J connectivity index is 2.78. The van der Waals surface area contributed by atoms with E-state index in [1.54, 1.807) is 0 Å². The summed E-state index contributed by atoms with van der Waals surface area (Å²) in [6, 6.07) is 8.16. The molecule has 0 aliphatic carbocycles. The van der Waals surface area contributed by atoms with Gasteiger partial charge in [-0.25, -0.2) is 0 Å². The van der Waals surface area contributed by atoms with Crippen LogP contribution in [-0.2, 0) is 6.42 Å².